The fourth-order valence-corrected chi connectivity index (χ4v) is 3.61. The maximum absolute atomic E-state index is 2.76. The summed E-state index contributed by atoms with van der Waals surface area (Å²) in [5.74, 6) is 0. The van der Waals surface area contributed by atoms with Crippen LogP contribution in [-0.4, -0.2) is 42.0 Å². The van der Waals surface area contributed by atoms with Gasteiger partial charge in [0.2, 0.25) is 0 Å². The Bertz CT molecular complexity index is 318. The van der Waals surface area contributed by atoms with Crippen molar-refractivity contribution in [1.82, 2.24) is 9.80 Å². The molecule has 0 amide bonds. The fraction of sp³-hybridized carbons (Fsp3) is 0.750. The Hall–Kier alpha value is -0.760. The third-order valence-electron chi connectivity index (χ3n) is 4.71. The van der Waals surface area contributed by atoms with Crippen LogP contribution in [0.2, 0.25) is 0 Å². The number of likely N-dealkylation sites (tertiary alicyclic amines) is 2. The van der Waals surface area contributed by atoms with Crippen molar-refractivity contribution in [3.8, 4) is 0 Å². The Morgan fingerprint density at radius 2 is 1.67 bits per heavy atom. The molecular weight excluding hydrogens is 220 g/mol. The zero-order valence-electron chi connectivity index (χ0n) is 11.5. The summed E-state index contributed by atoms with van der Waals surface area (Å²) in [5, 5.41) is 0. The lowest BCUT2D eigenvalue weighted by Gasteiger charge is -2.41. The number of allylic oxidation sites excluding steroid dienone is 3. The largest absolute Gasteiger partial charge is 0.372 e. The first kappa shape index (κ1) is 12.3. The second-order valence-corrected chi connectivity index (χ2v) is 5.92. The molecule has 0 saturated carbocycles. The quantitative estimate of drug-likeness (QED) is 0.738. The molecule has 2 heterocycles. The van der Waals surface area contributed by atoms with Crippen LogP contribution in [0.15, 0.2) is 23.9 Å². The average Bonchev–Trinajstić information content (AvgIpc) is 2.49. The topological polar surface area (TPSA) is 6.48 Å². The molecule has 0 bridgehead atoms. The van der Waals surface area contributed by atoms with Crippen molar-refractivity contribution in [3.05, 3.63) is 23.9 Å². The SMILES string of the molecule is C1=CC(N2CCC(N3CCCCC3)CC2)=CCC1. The third-order valence-corrected chi connectivity index (χ3v) is 4.71. The number of rotatable bonds is 2. The lowest BCUT2D eigenvalue weighted by Crippen LogP contribution is -2.46. The van der Waals surface area contributed by atoms with Crippen LogP contribution in [0.3, 0.4) is 0 Å². The van der Waals surface area contributed by atoms with Crippen LogP contribution in [0.4, 0.5) is 0 Å². The monoisotopic (exact) mass is 246 g/mol. The molecule has 2 fully saturated rings. The highest BCUT2D eigenvalue weighted by Gasteiger charge is 2.25. The van der Waals surface area contributed by atoms with E-state index in [1.165, 1.54) is 76.8 Å². The van der Waals surface area contributed by atoms with Gasteiger partial charge in [-0.25, -0.2) is 0 Å². The van der Waals surface area contributed by atoms with Gasteiger partial charge in [-0.15, -0.1) is 0 Å². The van der Waals surface area contributed by atoms with Crippen molar-refractivity contribution in [2.24, 2.45) is 0 Å². The smallest absolute Gasteiger partial charge is 0.0322 e. The Balaban J connectivity index is 1.51. The average molecular weight is 246 g/mol. The normalized spacial score (nSPS) is 27.3. The molecule has 3 rings (SSSR count). The van der Waals surface area contributed by atoms with Crippen molar-refractivity contribution in [2.75, 3.05) is 26.2 Å². The van der Waals surface area contributed by atoms with Gasteiger partial charge in [-0.05, 0) is 57.7 Å². The zero-order valence-corrected chi connectivity index (χ0v) is 11.5. The highest BCUT2D eigenvalue weighted by Crippen LogP contribution is 2.24. The molecule has 3 aliphatic rings. The van der Waals surface area contributed by atoms with Crippen molar-refractivity contribution in [1.29, 1.82) is 0 Å². The first-order chi connectivity index (χ1) is 8.93. The van der Waals surface area contributed by atoms with E-state index in [1.807, 2.05) is 0 Å². The first-order valence-electron chi connectivity index (χ1n) is 7.79. The molecule has 2 heteroatoms. The summed E-state index contributed by atoms with van der Waals surface area (Å²) >= 11 is 0. The van der Waals surface area contributed by atoms with Gasteiger partial charge >= 0.3 is 0 Å². The molecule has 2 saturated heterocycles. The number of hydrogen-bond donors (Lipinski definition) is 0. The van der Waals surface area contributed by atoms with Gasteiger partial charge < -0.3 is 9.80 Å². The van der Waals surface area contributed by atoms with Crippen LogP contribution in [-0.2, 0) is 0 Å². The zero-order chi connectivity index (χ0) is 12.2. The van der Waals surface area contributed by atoms with Gasteiger partial charge in [0.15, 0.2) is 0 Å². The van der Waals surface area contributed by atoms with E-state index in [0.717, 1.165) is 6.04 Å². The molecule has 0 aromatic rings. The van der Waals surface area contributed by atoms with Gasteiger partial charge in [0.25, 0.3) is 0 Å². The minimum atomic E-state index is 0.870. The highest BCUT2D eigenvalue weighted by atomic mass is 15.2. The lowest BCUT2D eigenvalue weighted by atomic mass is 9.99. The Labute approximate surface area is 111 Å². The molecule has 0 atom stereocenters. The number of hydrogen-bond acceptors (Lipinski definition) is 2. The van der Waals surface area contributed by atoms with Crippen molar-refractivity contribution in [3.63, 3.8) is 0 Å². The van der Waals surface area contributed by atoms with E-state index in [4.69, 9.17) is 0 Å². The molecular formula is C16H26N2. The molecule has 0 unspecified atom stereocenters. The van der Waals surface area contributed by atoms with Gasteiger partial charge in [0.05, 0.1) is 0 Å². The molecule has 0 radical (unpaired) electrons. The molecule has 0 aromatic heterocycles. The van der Waals surface area contributed by atoms with Crippen LogP contribution >= 0.6 is 0 Å². The molecule has 1 aliphatic carbocycles. The van der Waals surface area contributed by atoms with E-state index in [2.05, 4.69) is 28.0 Å². The maximum Gasteiger partial charge on any atom is 0.0322 e. The van der Waals surface area contributed by atoms with Gasteiger partial charge in [-0.1, -0.05) is 18.6 Å². The van der Waals surface area contributed by atoms with Crippen molar-refractivity contribution >= 4 is 0 Å². The minimum absolute atomic E-state index is 0.870. The lowest BCUT2D eigenvalue weighted by molar-refractivity contribution is 0.106. The summed E-state index contributed by atoms with van der Waals surface area (Å²) in [6, 6.07) is 0.870. The van der Waals surface area contributed by atoms with E-state index in [9.17, 15) is 0 Å². The van der Waals surface area contributed by atoms with E-state index in [1.54, 1.807) is 0 Å². The summed E-state index contributed by atoms with van der Waals surface area (Å²) in [5.41, 5.74) is 1.48. The van der Waals surface area contributed by atoms with Crippen LogP contribution in [0.25, 0.3) is 0 Å². The number of nitrogens with zero attached hydrogens (tertiary/aromatic N) is 2. The second-order valence-electron chi connectivity index (χ2n) is 5.92. The van der Waals surface area contributed by atoms with Gasteiger partial charge in [0.1, 0.15) is 0 Å². The highest BCUT2D eigenvalue weighted by molar-refractivity contribution is 5.21. The van der Waals surface area contributed by atoms with Crippen LogP contribution in [0.5, 0.6) is 0 Å². The van der Waals surface area contributed by atoms with Gasteiger partial charge in [-0.3, -0.25) is 0 Å². The van der Waals surface area contributed by atoms with Gasteiger partial charge in [-0.2, -0.15) is 0 Å². The molecule has 100 valence electrons. The molecule has 0 spiro atoms. The molecule has 2 aliphatic heterocycles. The summed E-state index contributed by atoms with van der Waals surface area (Å²) in [6.45, 7) is 5.23. The standard InChI is InChI=1S/C16H26N2/c1-3-7-15(8-4-1)18-13-9-16(10-14-18)17-11-5-2-6-12-17/h3,7-8,16H,1-2,4-6,9-14H2. The summed E-state index contributed by atoms with van der Waals surface area (Å²) in [6.07, 6.45) is 16.6. The Kier molecular flexibility index (Phi) is 4.04. The number of piperidine rings is 2. The van der Waals surface area contributed by atoms with Crippen LogP contribution < -0.4 is 0 Å². The predicted octanol–water partition coefficient (Wildman–Crippen LogP) is 3.17. The van der Waals surface area contributed by atoms with Crippen LogP contribution in [0.1, 0.15) is 44.9 Å². The summed E-state index contributed by atoms with van der Waals surface area (Å²) in [4.78, 5) is 5.35. The fourth-order valence-electron chi connectivity index (χ4n) is 3.61. The first-order valence-corrected chi connectivity index (χ1v) is 7.79. The third kappa shape index (κ3) is 2.80. The molecule has 0 aromatic carbocycles. The summed E-state index contributed by atoms with van der Waals surface area (Å²) < 4.78 is 0. The molecule has 0 N–H and O–H groups in total. The second kappa shape index (κ2) is 5.92. The minimum Gasteiger partial charge on any atom is -0.372 e. The van der Waals surface area contributed by atoms with E-state index < -0.39 is 0 Å². The molecule has 2 nitrogen and oxygen atoms in total. The predicted molar refractivity (Wildman–Crippen MR) is 76.5 cm³/mol. The van der Waals surface area contributed by atoms with Crippen molar-refractivity contribution < 1.29 is 0 Å². The molecule has 18 heavy (non-hydrogen) atoms. The Morgan fingerprint density at radius 1 is 0.889 bits per heavy atom. The van der Waals surface area contributed by atoms with E-state index in [-0.39, 0.29) is 0 Å². The Morgan fingerprint density at radius 3 is 2.33 bits per heavy atom. The van der Waals surface area contributed by atoms with Gasteiger partial charge in [0, 0.05) is 24.8 Å². The van der Waals surface area contributed by atoms with Crippen LogP contribution in [0, 0.1) is 0 Å². The summed E-state index contributed by atoms with van der Waals surface area (Å²) in [7, 11) is 0. The van der Waals surface area contributed by atoms with E-state index >= 15 is 0 Å². The van der Waals surface area contributed by atoms with Crippen molar-refractivity contribution in [2.45, 2.75) is 51.0 Å². The van der Waals surface area contributed by atoms with E-state index in [0.29, 0.717) is 0 Å². The maximum atomic E-state index is 2.76.